The smallest absolute Gasteiger partial charge is 0.407 e. The Bertz CT molecular complexity index is 1420. The summed E-state index contributed by atoms with van der Waals surface area (Å²) in [4.78, 5) is 28.8. The molecule has 0 radical (unpaired) electrons. The zero-order valence-electron chi connectivity index (χ0n) is 25.8. The molecule has 3 atom stereocenters. The van der Waals surface area contributed by atoms with E-state index in [0.717, 1.165) is 32.1 Å². The van der Waals surface area contributed by atoms with Crippen LogP contribution in [0, 0.1) is 11.8 Å². The number of alkyl halides is 3. The minimum absolute atomic E-state index is 0.0146. The average Bonchev–Trinajstić information content (AvgIpc) is 3.06. The lowest BCUT2D eigenvalue weighted by molar-refractivity contribution is -0.171. The molecular weight excluding hydrogens is 654 g/mol. The Balaban J connectivity index is 0.000000228. The highest BCUT2D eigenvalue weighted by molar-refractivity contribution is 7.97. The molecule has 0 aliphatic heterocycles. The predicted octanol–water partition coefficient (Wildman–Crippen LogP) is 7.47. The number of ether oxygens (including phenoxy) is 2. The maximum absolute atomic E-state index is 12.7. The van der Waals surface area contributed by atoms with Crippen molar-refractivity contribution < 1.29 is 45.2 Å². The van der Waals surface area contributed by atoms with E-state index >= 15 is 0 Å². The zero-order valence-corrected chi connectivity index (χ0v) is 27.5. The van der Waals surface area contributed by atoms with Gasteiger partial charge >= 0.3 is 18.1 Å². The minimum Gasteiger partial charge on any atom is -0.747 e. The first-order valence-electron chi connectivity index (χ1n) is 15.7. The van der Waals surface area contributed by atoms with Crippen LogP contribution in [0.3, 0.4) is 0 Å². The quantitative estimate of drug-likeness (QED) is 0.130. The van der Waals surface area contributed by atoms with Crippen molar-refractivity contribution in [2.75, 3.05) is 6.61 Å². The van der Waals surface area contributed by atoms with Gasteiger partial charge in [0.15, 0.2) is 19.9 Å². The second-order valence-corrected chi connectivity index (χ2v) is 15.2. The summed E-state index contributed by atoms with van der Waals surface area (Å²) in [6.45, 7) is -1.62. The molecule has 0 spiro atoms. The molecule has 254 valence electrons. The molecule has 0 N–H and O–H groups in total. The maximum atomic E-state index is 12.7. The van der Waals surface area contributed by atoms with Crippen LogP contribution in [-0.4, -0.2) is 49.0 Å². The van der Waals surface area contributed by atoms with E-state index in [4.69, 9.17) is 4.74 Å². The predicted molar refractivity (Wildman–Crippen MR) is 170 cm³/mol. The molecule has 2 saturated carbocycles. The summed E-state index contributed by atoms with van der Waals surface area (Å²) < 4.78 is 80.6. The van der Waals surface area contributed by atoms with E-state index in [2.05, 4.69) is 95.7 Å². The van der Waals surface area contributed by atoms with Crippen LogP contribution in [0.5, 0.6) is 0 Å². The molecular formula is C35H39F3O7S2. The molecule has 2 aliphatic carbocycles. The standard InChI is InChI=1S/C18H15S.C17H25F3O7S/c1-4-10-16(11-5-1)19(17-12-6-2-7-13-17)18-14-8-3-9-15-18;18-17(19,20)14(28(23,24)25)10-26-15(21)12-8-4-5-9-13(12)16(22)27-11-6-2-1-3-7-11/h1-15H;11-14H,1-10H2,(H,23,24,25)/q+1;/p-1. The summed E-state index contributed by atoms with van der Waals surface area (Å²) in [6.07, 6.45) is 0.654. The summed E-state index contributed by atoms with van der Waals surface area (Å²) >= 11 is 0. The van der Waals surface area contributed by atoms with Gasteiger partial charge in [0.2, 0.25) is 0 Å². The van der Waals surface area contributed by atoms with Crippen molar-refractivity contribution in [3.63, 3.8) is 0 Å². The zero-order chi connectivity index (χ0) is 33.9. The third-order valence-corrected chi connectivity index (χ3v) is 11.6. The van der Waals surface area contributed by atoms with E-state index in [-0.39, 0.29) is 23.4 Å². The van der Waals surface area contributed by atoms with Crippen LogP contribution in [0.2, 0.25) is 0 Å². The Kier molecular flexibility index (Phi) is 13.3. The summed E-state index contributed by atoms with van der Waals surface area (Å²) in [5.74, 6) is -3.52. The molecule has 12 heteroatoms. The van der Waals surface area contributed by atoms with Gasteiger partial charge < -0.3 is 14.0 Å². The molecule has 3 aromatic carbocycles. The monoisotopic (exact) mass is 692 g/mol. The number of halogens is 3. The largest absolute Gasteiger partial charge is 0.747 e. The number of hydrogen-bond donors (Lipinski definition) is 0. The minimum atomic E-state index is -5.74. The fraction of sp³-hybridized carbons (Fsp3) is 0.429. The van der Waals surface area contributed by atoms with Crippen LogP contribution < -0.4 is 0 Å². The number of rotatable bonds is 9. The summed E-state index contributed by atoms with van der Waals surface area (Å²) in [6, 6.07) is 32.2. The number of carbonyl (C=O) groups excluding carboxylic acids is 2. The lowest BCUT2D eigenvalue weighted by Gasteiger charge is -2.31. The Labute approximate surface area is 277 Å². The number of benzene rings is 3. The summed E-state index contributed by atoms with van der Waals surface area (Å²) in [5.41, 5.74) is 0. The highest BCUT2D eigenvalue weighted by atomic mass is 32.2. The second-order valence-electron chi connectivity index (χ2n) is 11.6. The molecule has 0 saturated heterocycles. The van der Waals surface area contributed by atoms with Crippen molar-refractivity contribution in [2.45, 2.75) is 90.0 Å². The summed E-state index contributed by atoms with van der Waals surface area (Å²) in [7, 11) is -5.76. The molecule has 0 bridgehead atoms. The average molecular weight is 693 g/mol. The van der Waals surface area contributed by atoms with E-state index in [1.165, 1.54) is 14.7 Å². The molecule has 0 heterocycles. The molecule has 47 heavy (non-hydrogen) atoms. The third-order valence-electron chi connectivity index (χ3n) is 8.23. The van der Waals surface area contributed by atoms with Gasteiger partial charge in [-0.15, -0.1) is 0 Å². The highest BCUT2D eigenvalue weighted by Gasteiger charge is 2.46. The third kappa shape index (κ3) is 10.8. The first kappa shape index (κ1) is 36.5. The fourth-order valence-corrected chi connectivity index (χ4v) is 8.48. The molecule has 3 aromatic rings. The molecule has 0 aromatic heterocycles. The Morgan fingerprint density at radius 2 is 1.11 bits per heavy atom. The molecule has 7 nitrogen and oxygen atoms in total. The highest BCUT2D eigenvalue weighted by Crippen LogP contribution is 2.34. The van der Waals surface area contributed by atoms with Crippen molar-refractivity contribution in [1.29, 1.82) is 0 Å². The van der Waals surface area contributed by atoms with Crippen LogP contribution >= 0.6 is 0 Å². The van der Waals surface area contributed by atoms with Gasteiger partial charge in [-0.25, -0.2) is 8.42 Å². The van der Waals surface area contributed by atoms with Gasteiger partial charge in [0, 0.05) is 0 Å². The summed E-state index contributed by atoms with van der Waals surface area (Å²) in [5, 5.41) is -3.33. The van der Waals surface area contributed by atoms with Crippen molar-refractivity contribution in [3.8, 4) is 0 Å². The lowest BCUT2D eigenvalue weighted by atomic mass is 9.79. The van der Waals surface area contributed by atoms with Gasteiger partial charge in [0.05, 0.1) is 22.7 Å². The first-order valence-corrected chi connectivity index (χ1v) is 18.4. The van der Waals surface area contributed by atoms with Gasteiger partial charge in [-0.3, -0.25) is 9.59 Å². The van der Waals surface area contributed by atoms with E-state index in [1.807, 2.05) is 0 Å². The van der Waals surface area contributed by atoms with Gasteiger partial charge in [-0.2, -0.15) is 13.2 Å². The van der Waals surface area contributed by atoms with Crippen molar-refractivity contribution in [2.24, 2.45) is 11.8 Å². The first-order chi connectivity index (χ1) is 22.4. The van der Waals surface area contributed by atoms with Crippen LogP contribution in [0.25, 0.3) is 0 Å². The molecule has 2 aliphatic rings. The molecule has 2 fully saturated rings. The number of carbonyl (C=O) groups is 2. The molecule has 3 unspecified atom stereocenters. The SMILES string of the molecule is O=C(OCC(C(F)(F)F)S(=O)(=O)[O-])C1CCCCC1C(=O)OC1CCCCC1.c1ccc([S+](c2ccccc2)c2ccccc2)cc1. The van der Waals surface area contributed by atoms with Crippen molar-refractivity contribution in [3.05, 3.63) is 91.0 Å². The number of hydrogen-bond acceptors (Lipinski definition) is 7. The lowest BCUT2D eigenvalue weighted by Crippen LogP contribution is -2.43. The van der Waals surface area contributed by atoms with Crippen LogP contribution in [0.15, 0.2) is 106 Å². The Morgan fingerprint density at radius 3 is 1.51 bits per heavy atom. The Morgan fingerprint density at radius 1 is 0.702 bits per heavy atom. The van der Waals surface area contributed by atoms with Gasteiger partial charge in [-0.1, -0.05) is 73.9 Å². The Hall–Kier alpha value is -3.35. The normalized spacial score (nSPS) is 19.6. The van der Waals surface area contributed by atoms with E-state index in [0.29, 0.717) is 19.3 Å². The van der Waals surface area contributed by atoms with Gasteiger partial charge in [0.25, 0.3) is 0 Å². The van der Waals surface area contributed by atoms with E-state index < -0.39 is 51.9 Å². The maximum Gasteiger partial charge on any atom is 0.407 e. The topological polar surface area (TPSA) is 110 Å². The van der Waals surface area contributed by atoms with Gasteiger partial charge in [0.1, 0.15) is 22.8 Å². The molecule has 5 rings (SSSR count). The van der Waals surface area contributed by atoms with E-state index in [9.17, 15) is 35.7 Å². The van der Waals surface area contributed by atoms with E-state index in [1.54, 1.807) is 0 Å². The van der Waals surface area contributed by atoms with Crippen LogP contribution in [0.1, 0.15) is 57.8 Å². The van der Waals surface area contributed by atoms with Gasteiger partial charge in [-0.05, 0) is 74.9 Å². The number of esters is 2. The van der Waals surface area contributed by atoms with Crippen LogP contribution in [-0.2, 0) is 40.1 Å². The second kappa shape index (κ2) is 17.2. The molecule has 0 amide bonds. The van der Waals surface area contributed by atoms with Crippen molar-refractivity contribution >= 4 is 33.0 Å². The fourth-order valence-electron chi connectivity index (χ4n) is 5.81. The van der Waals surface area contributed by atoms with Crippen molar-refractivity contribution in [1.82, 2.24) is 0 Å². The van der Waals surface area contributed by atoms with Crippen LogP contribution in [0.4, 0.5) is 13.2 Å².